The molecule has 1 saturated carbocycles. The van der Waals surface area contributed by atoms with E-state index in [1.807, 2.05) is 0 Å². The number of hydrogen-bond acceptors (Lipinski definition) is 5. The molecule has 4 aliphatic rings. The maximum atomic E-state index is 6.30. The largest absolute Gasteiger partial charge is 0.495 e. The number of rotatable bonds is 1. The third kappa shape index (κ3) is 1.82. The maximum Gasteiger partial charge on any atom is 0.183 e. The highest BCUT2D eigenvalue weighted by Gasteiger charge is 2.76. The predicted molar refractivity (Wildman–Crippen MR) is 93.9 cm³/mol. The zero-order valence-corrected chi connectivity index (χ0v) is 16.2. The van der Waals surface area contributed by atoms with Gasteiger partial charge < -0.3 is 23.7 Å². The Morgan fingerprint density at radius 2 is 1.52 bits per heavy atom. The Labute approximate surface area is 156 Å². The molecule has 2 heterocycles. The van der Waals surface area contributed by atoms with Crippen LogP contribution < -0.4 is 4.74 Å². The summed E-state index contributed by atoms with van der Waals surface area (Å²) in [4.78, 5) is 0. The van der Waals surface area contributed by atoms with Gasteiger partial charge in [-0.15, -0.1) is 0 Å². The molecule has 0 unspecified atom stereocenters. The summed E-state index contributed by atoms with van der Waals surface area (Å²) in [5.74, 6) is -0.513. The van der Waals surface area contributed by atoms with Crippen molar-refractivity contribution < 1.29 is 23.7 Å². The molecule has 2 saturated heterocycles. The molecular formula is C19H23BrO5. The van der Waals surface area contributed by atoms with Crippen LogP contribution in [0.5, 0.6) is 5.75 Å². The number of hydrogen-bond donors (Lipinski definition) is 0. The molecule has 136 valence electrons. The van der Waals surface area contributed by atoms with E-state index in [4.69, 9.17) is 23.7 Å². The van der Waals surface area contributed by atoms with Crippen molar-refractivity contribution in [2.24, 2.45) is 0 Å². The molecule has 5 nitrogen and oxygen atoms in total. The van der Waals surface area contributed by atoms with E-state index in [-0.39, 0.29) is 0 Å². The highest BCUT2D eigenvalue weighted by molar-refractivity contribution is 9.10. The van der Waals surface area contributed by atoms with Gasteiger partial charge in [-0.3, -0.25) is 0 Å². The lowest BCUT2D eigenvalue weighted by atomic mass is 9.71. The first kappa shape index (κ1) is 16.5. The molecule has 3 fully saturated rings. The topological polar surface area (TPSA) is 46.2 Å². The predicted octanol–water partition coefficient (Wildman–Crippen LogP) is 3.23. The van der Waals surface area contributed by atoms with Crippen molar-refractivity contribution in [3.05, 3.63) is 27.2 Å². The van der Waals surface area contributed by atoms with Gasteiger partial charge in [0, 0.05) is 18.4 Å². The van der Waals surface area contributed by atoms with Crippen molar-refractivity contribution in [3.8, 4) is 5.75 Å². The summed E-state index contributed by atoms with van der Waals surface area (Å²) in [5, 5.41) is 0. The second kappa shape index (κ2) is 5.42. The molecule has 25 heavy (non-hydrogen) atoms. The Hall–Kier alpha value is -0.660. The zero-order valence-electron chi connectivity index (χ0n) is 14.7. The summed E-state index contributed by atoms with van der Waals surface area (Å²) in [6, 6.07) is 2.25. The Kier molecular flexibility index (Phi) is 3.58. The smallest absolute Gasteiger partial charge is 0.183 e. The van der Waals surface area contributed by atoms with Crippen LogP contribution in [0, 0.1) is 6.92 Å². The molecule has 2 aliphatic heterocycles. The van der Waals surface area contributed by atoms with Gasteiger partial charge in [0.15, 0.2) is 11.6 Å². The number of methoxy groups -OCH3 is 1. The molecule has 5 rings (SSSR count). The quantitative estimate of drug-likeness (QED) is 0.710. The lowest BCUT2D eigenvalue weighted by Crippen LogP contribution is -2.59. The first-order valence-corrected chi connectivity index (χ1v) is 9.81. The molecule has 6 heteroatoms. The van der Waals surface area contributed by atoms with E-state index in [0.29, 0.717) is 26.4 Å². The Bertz CT molecular complexity index is 695. The lowest BCUT2D eigenvalue weighted by Gasteiger charge is -2.47. The summed E-state index contributed by atoms with van der Waals surface area (Å²) >= 11 is 3.73. The van der Waals surface area contributed by atoms with Gasteiger partial charge in [-0.1, -0.05) is 6.07 Å². The van der Waals surface area contributed by atoms with Gasteiger partial charge in [0.2, 0.25) is 0 Å². The monoisotopic (exact) mass is 410 g/mol. The van der Waals surface area contributed by atoms with Crippen molar-refractivity contribution in [2.45, 2.75) is 49.6 Å². The summed E-state index contributed by atoms with van der Waals surface area (Å²) in [6.07, 6.45) is 3.39. The van der Waals surface area contributed by atoms with Crippen LogP contribution in [-0.2, 0) is 30.8 Å². The highest BCUT2D eigenvalue weighted by atomic mass is 79.9. The van der Waals surface area contributed by atoms with Crippen LogP contribution in [-0.4, -0.2) is 45.1 Å². The SMILES string of the molecule is COc1c(Br)c(C)cc2c1C1(CC2)C2(CCC13OCCO3)OCCO2. The zero-order chi connectivity index (χ0) is 17.3. The summed E-state index contributed by atoms with van der Waals surface area (Å²) in [5.41, 5.74) is 3.12. The van der Waals surface area contributed by atoms with Crippen LogP contribution in [0.25, 0.3) is 0 Å². The molecule has 1 aromatic rings. The van der Waals surface area contributed by atoms with Crippen LogP contribution >= 0.6 is 15.9 Å². The normalized spacial score (nSPS) is 27.6. The second-order valence-electron chi connectivity index (χ2n) is 7.38. The van der Waals surface area contributed by atoms with Crippen molar-refractivity contribution >= 4 is 15.9 Å². The minimum absolute atomic E-state index is 0.496. The van der Waals surface area contributed by atoms with E-state index in [1.54, 1.807) is 7.11 Å². The van der Waals surface area contributed by atoms with Gasteiger partial charge in [-0.25, -0.2) is 0 Å². The fraction of sp³-hybridized carbons (Fsp3) is 0.684. The first-order chi connectivity index (χ1) is 12.1. The maximum absolute atomic E-state index is 6.30. The number of halogens is 1. The van der Waals surface area contributed by atoms with Gasteiger partial charge >= 0.3 is 0 Å². The van der Waals surface area contributed by atoms with Crippen molar-refractivity contribution in [1.82, 2.24) is 0 Å². The minimum Gasteiger partial charge on any atom is -0.495 e. The fourth-order valence-corrected chi connectivity index (χ4v) is 6.11. The molecule has 3 spiro atoms. The molecular weight excluding hydrogens is 388 g/mol. The van der Waals surface area contributed by atoms with Crippen LogP contribution in [0.1, 0.15) is 36.0 Å². The van der Waals surface area contributed by atoms with Gasteiger partial charge in [0.25, 0.3) is 0 Å². The van der Waals surface area contributed by atoms with Gasteiger partial charge in [-0.2, -0.15) is 0 Å². The lowest BCUT2D eigenvalue weighted by molar-refractivity contribution is -0.269. The third-order valence-corrected chi connectivity index (χ3v) is 7.46. The number of fused-ring (bicyclic) bond motifs is 4. The molecule has 0 aromatic heterocycles. The molecule has 1 aromatic carbocycles. The second-order valence-corrected chi connectivity index (χ2v) is 8.17. The average molecular weight is 411 g/mol. The molecule has 0 radical (unpaired) electrons. The van der Waals surface area contributed by atoms with Crippen molar-refractivity contribution in [1.29, 1.82) is 0 Å². The molecule has 0 N–H and O–H groups in total. The Morgan fingerprint density at radius 3 is 2.04 bits per heavy atom. The van der Waals surface area contributed by atoms with Gasteiger partial charge in [0.05, 0.1) is 38.0 Å². The Balaban J connectivity index is 1.82. The summed E-state index contributed by atoms with van der Waals surface area (Å²) in [7, 11) is 1.73. The minimum atomic E-state index is -0.690. The number of benzene rings is 1. The van der Waals surface area contributed by atoms with E-state index >= 15 is 0 Å². The third-order valence-electron chi connectivity index (χ3n) is 6.48. The van der Waals surface area contributed by atoms with Gasteiger partial charge in [-0.05, 0) is 46.8 Å². The molecule has 2 aliphatic carbocycles. The van der Waals surface area contributed by atoms with E-state index in [1.165, 1.54) is 11.1 Å². The fourth-order valence-electron chi connectivity index (χ4n) is 5.63. The highest BCUT2D eigenvalue weighted by Crippen LogP contribution is 2.67. The van der Waals surface area contributed by atoms with Crippen molar-refractivity contribution in [3.63, 3.8) is 0 Å². The standard InChI is InChI=1S/C19H23BrO5/c1-12-11-13-3-4-17(14(13)16(21-2)15(12)20)18(22-7-8-23-18)5-6-19(17)24-9-10-25-19/h11H,3-10H2,1-2H3. The average Bonchev–Trinajstić information content (AvgIpc) is 3.36. The van der Waals surface area contributed by atoms with Crippen LogP contribution in [0.2, 0.25) is 0 Å². The van der Waals surface area contributed by atoms with Crippen molar-refractivity contribution in [2.75, 3.05) is 33.5 Å². The number of aryl methyl sites for hydroxylation is 2. The summed E-state index contributed by atoms with van der Waals surface area (Å²) < 4.78 is 32.1. The molecule has 0 atom stereocenters. The van der Waals surface area contributed by atoms with E-state index in [2.05, 4.69) is 28.9 Å². The van der Waals surface area contributed by atoms with Crippen LogP contribution in [0.4, 0.5) is 0 Å². The van der Waals surface area contributed by atoms with Crippen LogP contribution in [0.3, 0.4) is 0 Å². The van der Waals surface area contributed by atoms with E-state index in [9.17, 15) is 0 Å². The van der Waals surface area contributed by atoms with Crippen LogP contribution in [0.15, 0.2) is 10.5 Å². The molecule has 0 bridgehead atoms. The molecule has 0 amide bonds. The van der Waals surface area contributed by atoms with Gasteiger partial charge in [0.1, 0.15) is 11.2 Å². The number of ether oxygens (including phenoxy) is 5. The Morgan fingerprint density at radius 1 is 0.960 bits per heavy atom. The van der Waals surface area contributed by atoms with E-state index in [0.717, 1.165) is 41.5 Å². The summed E-state index contributed by atoms with van der Waals surface area (Å²) in [6.45, 7) is 4.55. The van der Waals surface area contributed by atoms with E-state index < -0.39 is 17.0 Å². The first-order valence-electron chi connectivity index (χ1n) is 9.01.